The fourth-order valence-electron chi connectivity index (χ4n) is 3.29. The van der Waals surface area contributed by atoms with E-state index in [1.807, 2.05) is 29.8 Å². The highest BCUT2D eigenvalue weighted by Gasteiger charge is 2.17. The Hall–Kier alpha value is -3.70. The largest absolute Gasteiger partial charge is 0.493 e. The smallest absolute Gasteiger partial charge is 0.265 e. The van der Waals surface area contributed by atoms with Crippen molar-refractivity contribution in [1.82, 2.24) is 9.78 Å². The predicted octanol–water partition coefficient (Wildman–Crippen LogP) is 5.53. The van der Waals surface area contributed by atoms with Gasteiger partial charge in [0, 0.05) is 23.6 Å². The predicted molar refractivity (Wildman–Crippen MR) is 123 cm³/mol. The number of rotatable bonds is 8. The third-order valence-corrected chi connectivity index (χ3v) is 6.02. The first-order chi connectivity index (χ1) is 15.5. The van der Waals surface area contributed by atoms with Crippen molar-refractivity contribution in [2.75, 3.05) is 11.9 Å². The Morgan fingerprint density at radius 2 is 2.06 bits per heavy atom. The molecule has 0 atom stereocenters. The number of anilines is 1. The van der Waals surface area contributed by atoms with Gasteiger partial charge in [0.2, 0.25) is 0 Å². The van der Waals surface area contributed by atoms with Gasteiger partial charge in [-0.3, -0.25) is 9.48 Å². The van der Waals surface area contributed by atoms with Gasteiger partial charge in [0.25, 0.3) is 5.91 Å². The number of benzene rings is 2. The quantitative estimate of drug-likeness (QED) is 0.360. The van der Waals surface area contributed by atoms with Crippen LogP contribution in [0.1, 0.15) is 33.8 Å². The summed E-state index contributed by atoms with van der Waals surface area (Å²) in [6.07, 6.45) is 1.10. The Bertz CT molecular complexity index is 1290. The molecule has 0 aliphatic heterocycles. The number of carbonyl (C=O) groups excluding carboxylic acids is 1. The summed E-state index contributed by atoms with van der Waals surface area (Å²) in [5.41, 5.74) is 2.40. The molecule has 2 heterocycles. The number of ether oxygens (including phenoxy) is 1. The number of nitriles is 1. The zero-order valence-electron chi connectivity index (χ0n) is 17.5. The first-order valence-corrected chi connectivity index (χ1v) is 11.0. The van der Waals surface area contributed by atoms with E-state index in [0.717, 1.165) is 21.5 Å². The highest BCUT2D eigenvalue weighted by molar-refractivity contribution is 7.20. The summed E-state index contributed by atoms with van der Waals surface area (Å²) in [5.74, 6) is 0.158. The number of nitrogens with one attached hydrogen (secondary N) is 1. The summed E-state index contributed by atoms with van der Waals surface area (Å²) in [5, 5.41) is 17.0. The van der Waals surface area contributed by atoms with Gasteiger partial charge in [-0.25, -0.2) is 4.39 Å². The molecule has 0 fully saturated rings. The van der Waals surface area contributed by atoms with Crippen LogP contribution in [0, 0.1) is 24.1 Å². The van der Waals surface area contributed by atoms with Crippen LogP contribution in [0.3, 0.4) is 0 Å². The van der Waals surface area contributed by atoms with Gasteiger partial charge in [0.1, 0.15) is 16.4 Å². The Balaban J connectivity index is 1.48. The molecule has 32 heavy (non-hydrogen) atoms. The number of hydrogen-bond donors (Lipinski definition) is 1. The van der Waals surface area contributed by atoms with Crippen molar-refractivity contribution in [3.63, 3.8) is 0 Å². The van der Waals surface area contributed by atoms with E-state index in [-0.39, 0.29) is 11.7 Å². The Morgan fingerprint density at radius 3 is 2.84 bits per heavy atom. The normalized spacial score (nSPS) is 10.8. The molecule has 2 aromatic carbocycles. The lowest BCUT2D eigenvalue weighted by atomic mass is 10.2. The van der Waals surface area contributed by atoms with Crippen molar-refractivity contribution in [2.45, 2.75) is 26.3 Å². The highest BCUT2D eigenvalue weighted by atomic mass is 32.1. The van der Waals surface area contributed by atoms with Gasteiger partial charge in [-0.1, -0.05) is 18.2 Å². The number of aromatic nitrogens is 2. The summed E-state index contributed by atoms with van der Waals surface area (Å²) >= 11 is 1.37. The van der Waals surface area contributed by atoms with Gasteiger partial charge in [-0.15, -0.1) is 11.3 Å². The van der Waals surface area contributed by atoms with E-state index in [0.29, 0.717) is 42.3 Å². The van der Waals surface area contributed by atoms with Crippen LogP contribution in [-0.4, -0.2) is 22.3 Å². The number of unbranched alkanes of at least 4 members (excludes halogenated alkanes) is 1. The minimum Gasteiger partial charge on any atom is -0.493 e. The van der Waals surface area contributed by atoms with Crippen LogP contribution in [0.5, 0.6) is 5.75 Å². The molecule has 1 N–H and O–H groups in total. The summed E-state index contributed by atoms with van der Waals surface area (Å²) < 4.78 is 20.7. The van der Waals surface area contributed by atoms with E-state index in [4.69, 9.17) is 10.00 Å². The monoisotopic (exact) mass is 448 g/mol. The van der Waals surface area contributed by atoms with Crippen molar-refractivity contribution < 1.29 is 13.9 Å². The SMILES string of the molecule is Cc1nn(Cc2ccc(F)cc2)c2sc(C(=O)Nc3cccc(OCCCC#N)c3)cc12. The fourth-order valence-corrected chi connectivity index (χ4v) is 4.35. The molecule has 4 aromatic rings. The number of fused-ring (bicyclic) bond motifs is 1. The third kappa shape index (κ3) is 4.95. The molecule has 0 radical (unpaired) electrons. The molecule has 0 saturated heterocycles. The number of aryl methyl sites for hydroxylation is 1. The second kappa shape index (κ2) is 9.62. The van der Waals surface area contributed by atoms with Gasteiger partial charge in [-0.2, -0.15) is 10.4 Å². The molecule has 4 rings (SSSR count). The van der Waals surface area contributed by atoms with Crippen molar-refractivity contribution >= 4 is 33.1 Å². The lowest BCUT2D eigenvalue weighted by Gasteiger charge is -2.08. The van der Waals surface area contributed by atoms with Crippen molar-refractivity contribution in [2.24, 2.45) is 0 Å². The minimum absolute atomic E-state index is 0.208. The summed E-state index contributed by atoms with van der Waals surface area (Å²) in [7, 11) is 0. The van der Waals surface area contributed by atoms with E-state index < -0.39 is 0 Å². The number of hydrogen-bond acceptors (Lipinski definition) is 5. The summed E-state index contributed by atoms with van der Waals surface area (Å²) in [6.45, 7) is 2.85. The maximum absolute atomic E-state index is 13.2. The molecular weight excluding hydrogens is 427 g/mol. The van der Waals surface area contributed by atoms with Crippen LogP contribution < -0.4 is 10.1 Å². The summed E-state index contributed by atoms with van der Waals surface area (Å²) in [4.78, 5) is 14.3. The number of thiophene rings is 1. The standard InChI is InChI=1S/C24H21FN4O2S/c1-16-21-14-22(32-24(21)29(28-16)15-17-7-9-18(25)10-8-17)23(30)27-19-5-4-6-20(13-19)31-12-3-2-11-26/h4-10,13-14H,2-3,12,15H2,1H3,(H,27,30). The van der Waals surface area contributed by atoms with Gasteiger partial charge < -0.3 is 10.1 Å². The zero-order chi connectivity index (χ0) is 22.5. The van der Waals surface area contributed by atoms with Gasteiger partial charge in [-0.05, 0) is 49.2 Å². The van der Waals surface area contributed by atoms with E-state index in [1.54, 1.807) is 24.3 Å². The van der Waals surface area contributed by atoms with Crippen LogP contribution in [0.15, 0.2) is 54.6 Å². The average Bonchev–Trinajstić information content (AvgIpc) is 3.35. The van der Waals surface area contributed by atoms with Gasteiger partial charge >= 0.3 is 0 Å². The molecule has 8 heteroatoms. The molecular formula is C24H21FN4O2S. The topological polar surface area (TPSA) is 79.9 Å². The molecule has 0 spiro atoms. The number of nitrogens with zero attached hydrogens (tertiary/aromatic N) is 3. The van der Waals surface area contributed by atoms with Crippen molar-refractivity contribution in [3.05, 3.63) is 76.5 Å². The molecule has 0 saturated carbocycles. The molecule has 162 valence electrons. The molecule has 1 amide bonds. The van der Waals surface area contributed by atoms with Crippen molar-refractivity contribution in [1.29, 1.82) is 5.26 Å². The van der Waals surface area contributed by atoms with Crippen LogP contribution in [0.4, 0.5) is 10.1 Å². The second-order valence-electron chi connectivity index (χ2n) is 7.29. The Labute approximate surface area is 188 Å². The fraction of sp³-hybridized carbons (Fsp3) is 0.208. The maximum atomic E-state index is 13.2. The van der Waals surface area contributed by atoms with Gasteiger partial charge in [0.15, 0.2) is 0 Å². The molecule has 0 bridgehead atoms. The van der Waals surface area contributed by atoms with Gasteiger partial charge in [0.05, 0.1) is 29.8 Å². The van der Waals surface area contributed by atoms with Crippen molar-refractivity contribution in [3.8, 4) is 11.8 Å². The Morgan fingerprint density at radius 1 is 1.25 bits per heavy atom. The van der Waals surface area contributed by atoms with Crippen LogP contribution in [-0.2, 0) is 6.54 Å². The molecule has 0 aliphatic rings. The zero-order valence-corrected chi connectivity index (χ0v) is 18.3. The Kier molecular flexibility index (Phi) is 6.47. The third-order valence-electron chi connectivity index (χ3n) is 4.87. The van der Waals surface area contributed by atoms with E-state index in [2.05, 4.69) is 16.5 Å². The molecule has 0 aliphatic carbocycles. The second-order valence-corrected chi connectivity index (χ2v) is 8.32. The summed E-state index contributed by atoms with van der Waals surface area (Å²) in [6, 6.07) is 17.4. The van der Waals surface area contributed by atoms with E-state index in [9.17, 15) is 9.18 Å². The van der Waals surface area contributed by atoms with E-state index >= 15 is 0 Å². The maximum Gasteiger partial charge on any atom is 0.265 e. The molecule has 2 aromatic heterocycles. The average molecular weight is 449 g/mol. The molecule has 0 unspecified atom stereocenters. The number of amides is 1. The van der Waals surface area contributed by atoms with Crippen LogP contribution in [0.25, 0.3) is 10.2 Å². The number of carbonyl (C=O) groups is 1. The van der Waals surface area contributed by atoms with Crippen LogP contribution >= 0.6 is 11.3 Å². The first-order valence-electron chi connectivity index (χ1n) is 10.2. The van der Waals surface area contributed by atoms with Crippen LogP contribution in [0.2, 0.25) is 0 Å². The lowest BCUT2D eigenvalue weighted by Crippen LogP contribution is -2.10. The minimum atomic E-state index is -0.276. The highest BCUT2D eigenvalue weighted by Crippen LogP contribution is 2.30. The lowest BCUT2D eigenvalue weighted by molar-refractivity contribution is 0.103. The number of halogens is 1. The first kappa shape index (κ1) is 21.5. The molecule has 6 nitrogen and oxygen atoms in total. The van der Waals surface area contributed by atoms with E-state index in [1.165, 1.54) is 23.5 Å².